The highest BCUT2D eigenvalue weighted by Crippen LogP contribution is 2.09. The van der Waals surface area contributed by atoms with E-state index in [0.29, 0.717) is 13.1 Å². The van der Waals surface area contributed by atoms with Gasteiger partial charge in [0, 0.05) is 20.1 Å². The van der Waals surface area contributed by atoms with Crippen LogP contribution in [0.5, 0.6) is 0 Å². The first-order chi connectivity index (χ1) is 9.66. The molecule has 0 saturated heterocycles. The van der Waals surface area contributed by atoms with Gasteiger partial charge >= 0.3 is 6.03 Å². The topological polar surface area (TPSA) is 32.3 Å². The van der Waals surface area contributed by atoms with E-state index >= 15 is 0 Å². The van der Waals surface area contributed by atoms with Crippen LogP contribution in [0.25, 0.3) is 0 Å². The molecule has 0 saturated carbocycles. The van der Waals surface area contributed by atoms with Gasteiger partial charge in [-0.25, -0.2) is 4.79 Å². The lowest BCUT2D eigenvalue weighted by molar-refractivity contribution is 0.206. The molecule has 0 aromatic heterocycles. The third kappa shape index (κ3) is 3.85. The molecule has 2 rings (SSSR count). The summed E-state index contributed by atoms with van der Waals surface area (Å²) in [6.07, 6.45) is 0. The van der Waals surface area contributed by atoms with Crippen LogP contribution in [-0.2, 0) is 13.1 Å². The maximum atomic E-state index is 12.0. The summed E-state index contributed by atoms with van der Waals surface area (Å²) in [7, 11) is 1.81. The fourth-order valence-corrected chi connectivity index (χ4v) is 2.02. The fraction of sp³-hybridized carbons (Fsp3) is 0.235. The standard InChI is InChI=1S/C17H20N2O/c1-14-8-6-7-11-16(14)13-19(2)17(20)18-12-15-9-4-3-5-10-15/h3-11H,12-13H2,1-2H3,(H,18,20). The summed E-state index contributed by atoms with van der Waals surface area (Å²) in [5.74, 6) is 0. The van der Waals surface area contributed by atoms with Crippen LogP contribution in [0.4, 0.5) is 4.79 Å². The number of urea groups is 1. The molecule has 0 bridgehead atoms. The monoisotopic (exact) mass is 268 g/mol. The molecule has 0 aliphatic carbocycles. The molecule has 0 unspecified atom stereocenters. The van der Waals surface area contributed by atoms with Gasteiger partial charge in [-0.15, -0.1) is 0 Å². The van der Waals surface area contributed by atoms with E-state index in [0.717, 1.165) is 5.56 Å². The van der Waals surface area contributed by atoms with Crippen LogP contribution in [0.1, 0.15) is 16.7 Å². The van der Waals surface area contributed by atoms with Crippen molar-refractivity contribution in [2.45, 2.75) is 20.0 Å². The Hall–Kier alpha value is -2.29. The number of hydrogen-bond donors (Lipinski definition) is 1. The largest absolute Gasteiger partial charge is 0.334 e. The number of nitrogens with zero attached hydrogens (tertiary/aromatic N) is 1. The minimum atomic E-state index is -0.0582. The number of carbonyl (C=O) groups is 1. The van der Waals surface area contributed by atoms with Crippen molar-refractivity contribution in [3.05, 3.63) is 71.3 Å². The van der Waals surface area contributed by atoms with Crippen LogP contribution in [0.3, 0.4) is 0 Å². The van der Waals surface area contributed by atoms with E-state index < -0.39 is 0 Å². The van der Waals surface area contributed by atoms with Crippen LogP contribution in [-0.4, -0.2) is 18.0 Å². The molecule has 0 fully saturated rings. The van der Waals surface area contributed by atoms with Gasteiger partial charge < -0.3 is 10.2 Å². The normalized spacial score (nSPS) is 10.1. The molecule has 0 atom stereocenters. The summed E-state index contributed by atoms with van der Waals surface area (Å²) in [5, 5.41) is 2.93. The lowest BCUT2D eigenvalue weighted by atomic mass is 10.1. The average Bonchev–Trinajstić information content (AvgIpc) is 2.48. The third-order valence-corrected chi connectivity index (χ3v) is 3.30. The second kappa shape index (κ2) is 6.75. The molecule has 2 aromatic carbocycles. The van der Waals surface area contributed by atoms with Gasteiger partial charge in [0.05, 0.1) is 0 Å². The van der Waals surface area contributed by atoms with E-state index in [1.165, 1.54) is 11.1 Å². The van der Waals surface area contributed by atoms with Crippen molar-refractivity contribution in [2.75, 3.05) is 7.05 Å². The van der Waals surface area contributed by atoms with Crippen molar-refractivity contribution >= 4 is 6.03 Å². The highest BCUT2D eigenvalue weighted by atomic mass is 16.2. The Morgan fingerprint density at radius 2 is 1.70 bits per heavy atom. The predicted octanol–water partition coefficient (Wildman–Crippen LogP) is 3.34. The van der Waals surface area contributed by atoms with E-state index in [9.17, 15) is 4.79 Å². The summed E-state index contributed by atoms with van der Waals surface area (Å²) < 4.78 is 0. The fourth-order valence-electron chi connectivity index (χ4n) is 2.02. The van der Waals surface area contributed by atoms with Crippen molar-refractivity contribution in [1.29, 1.82) is 0 Å². The van der Waals surface area contributed by atoms with Gasteiger partial charge in [-0.05, 0) is 23.6 Å². The van der Waals surface area contributed by atoms with Gasteiger partial charge in [-0.2, -0.15) is 0 Å². The molecule has 1 N–H and O–H groups in total. The van der Waals surface area contributed by atoms with E-state index in [2.05, 4.69) is 24.4 Å². The zero-order chi connectivity index (χ0) is 14.4. The van der Waals surface area contributed by atoms with Crippen molar-refractivity contribution in [3.8, 4) is 0 Å². The summed E-state index contributed by atoms with van der Waals surface area (Å²) >= 11 is 0. The Kier molecular flexibility index (Phi) is 4.77. The smallest absolute Gasteiger partial charge is 0.317 e. The molecule has 3 heteroatoms. The Morgan fingerprint density at radius 3 is 2.40 bits per heavy atom. The van der Waals surface area contributed by atoms with Gasteiger partial charge in [0.15, 0.2) is 0 Å². The van der Waals surface area contributed by atoms with Crippen molar-refractivity contribution < 1.29 is 4.79 Å². The molecule has 0 spiro atoms. The molecule has 0 radical (unpaired) electrons. The van der Waals surface area contributed by atoms with Crippen molar-refractivity contribution in [3.63, 3.8) is 0 Å². The first-order valence-electron chi connectivity index (χ1n) is 6.74. The number of carbonyl (C=O) groups excluding carboxylic acids is 1. The average molecular weight is 268 g/mol. The van der Waals surface area contributed by atoms with Crippen LogP contribution in [0, 0.1) is 6.92 Å². The van der Waals surface area contributed by atoms with Gasteiger partial charge in [-0.1, -0.05) is 54.6 Å². The Morgan fingerprint density at radius 1 is 1.05 bits per heavy atom. The molecule has 2 amide bonds. The molecule has 0 aliphatic rings. The third-order valence-electron chi connectivity index (χ3n) is 3.30. The predicted molar refractivity (Wildman–Crippen MR) is 81.3 cm³/mol. The number of hydrogen-bond acceptors (Lipinski definition) is 1. The minimum absolute atomic E-state index is 0.0582. The molecular weight excluding hydrogens is 248 g/mol. The summed E-state index contributed by atoms with van der Waals surface area (Å²) in [4.78, 5) is 13.7. The SMILES string of the molecule is Cc1ccccc1CN(C)C(=O)NCc1ccccc1. The Labute approximate surface area is 120 Å². The summed E-state index contributed by atoms with van der Waals surface area (Å²) in [5.41, 5.74) is 3.48. The van der Waals surface area contributed by atoms with Crippen LogP contribution in [0.15, 0.2) is 54.6 Å². The summed E-state index contributed by atoms with van der Waals surface area (Å²) in [6, 6.07) is 18.0. The second-order valence-corrected chi connectivity index (χ2v) is 4.93. The maximum absolute atomic E-state index is 12.0. The van der Waals surface area contributed by atoms with Crippen LogP contribution < -0.4 is 5.32 Å². The Balaban J connectivity index is 1.88. The molecule has 104 valence electrons. The highest BCUT2D eigenvalue weighted by molar-refractivity contribution is 5.73. The number of amides is 2. The van der Waals surface area contributed by atoms with Gasteiger partial charge in [0.1, 0.15) is 0 Å². The molecular formula is C17H20N2O. The molecule has 2 aromatic rings. The highest BCUT2D eigenvalue weighted by Gasteiger charge is 2.09. The molecule has 0 heterocycles. The molecule has 0 aliphatic heterocycles. The van der Waals surface area contributed by atoms with E-state index in [4.69, 9.17) is 0 Å². The molecule has 20 heavy (non-hydrogen) atoms. The lowest BCUT2D eigenvalue weighted by Gasteiger charge is -2.19. The van der Waals surface area contributed by atoms with Crippen molar-refractivity contribution in [2.24, 2.45) is 0 Å². The number of benzene rings is 2. The van der Waals surface area contributed by atoms with E-state index in [-0.39, 0.29) is 6.03 Å². The number of aryl methyl sites for hydroxylation is 1. The Bertz CT molecular complexity index is 566. The zero-order valence-corrected chi connectivity index (χ0v) is 12.0. The van der Waals surface area contributed by atoms with E-state index in [1.54, 1.807) is 4.90 Å². The van der Waals surface area contributed by atoms with Crippen molar-refractivity contribution in [1.82, 2.24) is 10.2 Å². The maximum Gasteiger partial charge on any atom is 0.317 e. The van der Waals surface area contributed by atoms with E-state index in [1.807, 2.05) is 49.5 Å². The van der Waals surface area contributed by atoms with Crippen LogP contribution >= 0.6 is 0 Å². The van der Waals surface area contributed by atoms with Gasteiger partial charge in [0.25, 0.3) is 0 Å². The zero-order valence-electron chi connectivity index (χ0n) is 12.0. The second-order valence-electron chi connectivity index (χ2n) is 4.93. The summed E-state index contributed by atoms with van der Waals surface area (Å²) in [6.45, 7) is 3.23. The minimum Gasteiger partial charge on any atom is -0.334 e. The van der Waals surface area contributed by atoms with Crippen LogP contribution in [0.2, 0.25) is 0 Å². The molecule has 3 nitrogen and oxygen atoms in total. The van der Waals surface area contributed by atoms with Gasteiger partial charge in [-0.3, -0.25) is 0 Å². The first-order valence-corrected chi connectivity index (χ1v) is 6.74. The number of nitrogens with one attached hydrogen (secondary N) is 1. The quantitative estimate of drug-likeness (QED) is 0.906. The lowest BCUT2D eigenvalue weighted by Crippen LogP contribution is -2.36. The van der Waals surface area contributed by atoms with Gasteiger partial charge in [0.2, 0.25) is 0 Å². The number of rotatable bonds is 4. The first kappa shape index (κ1) is 14.1.